The van der Waals surface area contributed by atoms with E-state index in [2.05, 4.69) is 10.3 Å². The third kappa shape index (κ3) is 5.58. The van der Waals surface area contributed by atoms with Crippen LogP contribution in [0.1, 0.15) is 17.2 Å². The van der Waals surface area contributed by atoms with E-state index < -0.39 is 6.10 Å². The molecule has 0 radical (unpaired) electrons. The Labute approximate surface area is 142 Å². The first-order valence-electron chi connectivity index (χ1n) is 7.49. The molecule has 0 aliphatic rings. The van der Waals surface area contributed by atoms with Crippen molar-refractivity contribution in [1.29, 1.82) is 0 Å². The molecule has 5 heteroatoms. The average Bonchev–Trinajstić information content (AvgIpc) is 2.56. The van der Waals surface area contributed by atoms with Gasteiger partial charge in [-0.05, 0) is 23.3 Å². The first-order valence-corrected chi connectivity index (χ1v) is 7.87. The maximum absolute atomic E-state index is 10.2. The Bertz CT molecular complexity index is 626. The molecule has 2 N–H and O–H groups in total. The predicted molar refractivity (Wildman–Crippen MR) is 95.7 cm³/mol. The molecule has 1 atom stereocenters. The van der Waals surface area contributed by atoms with E-state index in [1.54, 1.807) is 12.1 Å². The Morgan fingerprint density at radius 3 is 2.39 bits per heavy atom. The summed E-state index contributed by atoms with van der Waals surface area (Å²) in [4.78, 5) is 6.47. The molecule has 4 nitrogen and oxygen atoms in total. The van der Waals surface area contributed by atoms with Crippen molar-refractivity contribution >= 4 is 17.6 Å². The molecular weight excluding hydrogens is 310 g/mol. The van der Waals surface area contributed by atoms with Crippen molar-refractivity contribution in [3.05, 3.63) is 70.7 Å². The second kappa shape index (κ2) is 8.56. The minimum Gasteiger partial charge on any atom is -0.387 e. The lowest BCUT2D eigenvalue weighted by Crippen LogP contribution is -2.38. The Balaban J connectivity index is 1.95. The molecule has 1 unspecified atom stereocenters. The Morgan fingerprint density at radius 1 is 1.13 bits per heavy atom. The molecule has 2 rings (SSSR count). The van der Waals surface area contributed by atoms with Crippen LogP contribution in [0.15, 0.2) is 59.6 Å². The van der Waals surface area contributed by atoms with Crippen molar-refractivity contribution in [2.75, 3.05) is 20.6 Å². The van der Waals surface area contributed by atoms with E-state index in [1.165, 1.54) is 0 Å². The Morgan fingerprint density at radius 2 is 1.78 bits per heavy atom. The number of benzene rings is 2. The molecule has 0 bridgehead atoms. The average molecular weight is 332 g/mol. The third-order valence-electron chi connectivity index (χ3n) is 3.39. The van der Waals surface area contributed by atoms with Crippen molar-refractivity contribution in [2.24, 2.45) is 4.99 Å². The van der Waals surface area contributed by atoms with E-state index in [0.717, 1.165) is 17.1 Å². The van der Waals surface area contributed by atoms with Gasteiger partial charge in [0.25, 0.3) is 0 Å². The fraction of sp³-hybridized carbons (Fsp3) is 0.278. The number of aliphatic imine (C=N–C) groups is 1. The molecular formula is C18H22ClN3O. The number of aliphatic hydroxyl groups is 1. The number of halogens is 1. The Hall–Kier alpha value is -2.04. The predicted octanol–water partition coefficient (Wildman–Crippen LogP) is 3.08. The highest BCUT2D eigenvalue weighted by atomic mass is 35.5. The number of hydrogen-bond acceptors (Lipinski definition) is 2. The number of aliphatic hydroxyl groups excluding tert-OH is 1. The summed E-state index contributed by atoms with van der Waals surface area (Å²) < 4.78 is 0. The fourth-order valence-electron chi connectivity index (χ4n) is 2.10. The van der Waals surface area contributed by atoms with E-state index in [9.17, 15) is 5.11 Å². The van der Waals surface area contributed by atoms with Gasteiger partial charge in [0.2, 0.25) is 0 Å². The van der Waals surface area contributed by atoms with Gasteiger partial charge in [0.15, 0.2) is 5.96 Å². The van der Waals surface area contributed by atoms with E-state index in [1.807, 2.05) is 61.5 Å². The first kappa shape index (κ1) is 17.3. The summed E-state index contributed by atoms with van der Waals surface area (Å²) in [5.74, 6) is 0.738. The molecule has 2 aromatic rings. The lowest BCUT2D eigenvalue weighted by molar-refractivity contribution is 0.180. The largest absolute Gasteiger partial charge is 0.387 e. The second-order valence-electron chi connectivity index (χ2n) is 5.47. The van der Waals surface area contributed by atoms with Gasteiger partial charge in [-0.3, -0.25) is 0 Å². The van der Waals surface area contributed by atoms with Crippen LogP contribution in [0.5, 0.6) is 0 Å². The molecule has 0 saturated heterocycles. The zero-order chi connectivity index (χ0) is 16.7. The molecule has 0 spiro atoms. The minimum atomic E-state index is -0.617. The highest BCUT2D eigenvalue weighted by Crippen LogP contribution is 2.15. The summed E-state index contributed by atoms with van der Waals surface area (Å²) in [7, 11) is 3.84. The SMILES string of the molecule is CN(C)C(=NCc1ccccc1)NCC(O)c1ccc(Cl)cc1. The topological polar surface area (TPSA) is 47.9 Å². The Kier molecular flexibility index (Phi) is 6.44. The van der Waals surface area contributed by atoms with E-state index in [-0.39, 0.29) is 0 Å². The van der Waals surface area contributed by atoms with Crippen molar-refractivity contribution in [3.8, 4) is 0 Å². The monoisotopic (exact) mass is 331 g/mol. The summed E-state index contributed by atoms with van der Waals surface area (Å²) >= 11 is 5.86. The van der Waals surface area contributed by atoms with Crippen LogP contribution in [-0.4, -0.2) is 36.6 Å². The van der Waals surface area contributed by atoms with Crippen LogP contribution in [0, 0.1) is 0 Å². The number of nitrogens with zero attached hydrogens (tertiary/aromatic N) is 2. The highest BCUT2D eigenvalue weighted by molar-refractivity contribution is 6.30. The van der Waals surface area contributed by atoms with Crippen LogP contribution in [-0.2, 0) is 6.54 Å². The summed E-state index contributed by atoms with van der Waals surface area (Å²) in [5.41, 5.74) is 1.97. The van der Waals surface area contributed by atoms with Crippen LogP contribution in [0.4, 0.5) is 0 Å². The second-order valence-corrected chi connectivity index (χ2v) is 5.90. The number of guanidine groups is 1. The normalized spacial score (nSPS) is 12.8. The first-order chi connectivity index (χ1) is 11.1. The van der Waals surface area contributed by atoms with Crippen molar-refractivity contribution < 1.29 is 5.11 Å². The molecule has 0 amide bonds. The summed E-state index contributed by atoms with van der Waals surface area (Å²) in [6.45, 7) is 0.978. The zero-order valence-corrected chi connectivity index (χ0v) is 14.2. The standard InChI is InChI=1S/C18H22ClN3O/c1-22(2)18(20-12-14-6-4-3-5-7-14)21-13-17(23)15-8-10-16(19)11-9-15/h3-11,17,23H,12-13H2,1-2H3,(H,20,21). The van der Waals surface area contributed by atoms with Crippen LogP contribution in [0.25, 0.3) is 0 Å². The van der Waals surface area contributed by atoms with Gasteiger partial charge >= 0.3 is 0 Å². The van der Waals surface area contributed by atoms with Gasteiger partial charge in [-0.25, -0.2) is 4.99 Å². The smallest absolute Gasteiger partial charge is 0.193 e. The van der Waals surface area contributed by atoms with Gasteiger partial charge in [-0.1, -0.05) is 54.1 Å². The van der Waals surface area contributed by atoms with Crippen LogP contribution < -0.4 is 5.32 Å². The van der Waals surface area contributed by atoms with Gasteiger partial charge in [0.05, 0.1) is 12.6 Å². The van der Waals surface area contributed by atoms with Crippen LogP contribution in [0.2, 0.25) is 5.02 Å². The van der Waals surface area contributed by atoms with Gasteiger partial charge in [0, 0.05) is 25.7 Å². The van der Waals surface area contributed by atoms with Crippen LogP contribution >= 0.6 is 11.6 Å². The molecule has 0 saturated carbocycles. The summed E-state index contributed by atoms with van der Waals surface area (Å²) in [6.07, 6.45) is -0.617. The highest BCUT2D eigenvalue weighted by Gasteiger charge is 2.09. The quantitative estimate of drug-likeness (QED) is 0.654. The van der Waals surface area contributed by atoms with E-state index in [4.69, 9.17) is 11.6 Å². The number of nitrogens with one attached hydrogen (secondary N) is 1. The molecule has 0 aliphatic carbocycles. The van der Waals surface area contributed by atoms with Gasteiger partial charge in [-0.15, -0.1) is 0 Å². The molecule has 0 aliphatic heterocycles. The van der Waals surface area contributed by atoms with Crippen molar-refractivity contribution in [3.63, 3.8) is 0 Å². The van der Waals surface area contributed by atoms with Gasteiger partial charge in [0.1, 0.15) is 0 Å². The van der Waals surface area contributed by atoms with Crippen molar-refractivity contribution in [1.82, 2.24) is 10.2 Å². The van der Waals surface area contributed by atoms with Gasteiger partial charge in [-0.2, -0.15) is 0 Å². The molecule has 0 fully saturated rings. The summed E-state index contributed by atoms with van der Waals surface area (Å²) in [5, 5.41) is 14.1. The maximum atomic E-state index is 10.2. The lowest BCUT2D eigenvalue weighted by Gasteiger charge is -2.20. The molecule has 23 heavy (non-hydrogen) atoms. The molecule has 122 valence electrons. The van der Waals surface area contributed by atoms with Gasteiger partial charge < -0.3 is 15.3 Å². The molecule has 0 aromatic heterocycles. The van der Waals surface area contributed by atoms with E-state index >= 15 is 0 Å². The van der Waals surface area contributed by atoms with E-state index in [0.29, 0.717) is 18.1 Å². The molecule has 0 heterocycles. The zero-order valence-electron chi connectivity index (χ0n) is 13.4. The minimum absolute atomic E-state index is 0.382. The van der Waals surface area contributed by atoms with Crippen molar-refractivity contribution in [2.45, 2.75) is 12.6 Å². The summed E-state index contributed by atoms with van der Waals surface area (Å²) in [6, 6.07) is 17.3. The lowest BCUT2D eigenvalue weighted by atomic mass is 10.1. The fourth-order valence-corrected chi connectivity index (χ4v) is 2.22. The van der Waals surface area contributed by atoms with Crippen LogP contribution in [0.3, 0.4) is 0 Å². The number of rotatable bonds is 5. The maximum Gasteiger partial charge on any atom is 0.193 e. The number of hydrogen-bond donors (Lipinski definition) is 2. The molecule has 2 aromatic carbocycles. The third-order valence-corrected chi connectivity index (χ3v) is 3.64.